The van der Waals surface area contributed by atoms with E-state index in [-0.39, 0.29) is 0 Å². The van der Waals surface area contributed by atoms with Crippen LogP contribution in [0.5, 0.6) is 5.75 Å². The average Bonchev–Trinajstić information content (AvgIpc) is 2.55. The van der Waals surface area contributed by atoms with Gasteiger partial charge in [0, 0.05) is 17.8 Å². The van der Waals surface area contributed by atoms with E-state index in [0.29, 0.717) is 11.2 Å². The first-order valence-electron chi connectivity index (χ1n) is 6.36. The molecule has 106 valence electrons. The maximum absolute atomic E-state index is 8.70. The topological polar surface area (TPSA) is 75.5 Å². The van der Waals surface area contributed by atoms with Crippen LogP contribution >= 0.6 is 0 Å². The predicted octanol–water partition coefficient (Wildman–Crippen LogP) is 1.00. The van der Waals surface area contributed by atoms with Gasteiger partial charge in [0.2, 0.25) is 0 Å². The molecule has 0 bridgehead atoms. The molecule has 5 nitrogen and oxygen atoms in total. The molecule has 0 aliphatic heterocycles. The van der Waals surface area contributed by atoms with Gasteiger partial charge in [0.15, 0.2) is 5.65 Å². The highest BCUT2D eigenvalue weighted by atomic mass is 16.5. The molecule has 0 amide bonds. The van der Waals surface area contributed by atoms with Crippen molar-refractivity contribution in [1.29, 1.82) is 0 Å². The summed E-state index contributed by atoms with van der Waals surface area (Å²) in [6.45, 7) is 0. The molecule has 2 aromatic heterocycles. The number of pyridine rings is 2. The summed E-state index contributed by atoms with van der Waals surface area (Å²) in [5.74, 6) is 0.703. The van der Waals surface area contributed by atoms with Gasteiger partial charge >= 0.3 is 7.12 Å². The van der Waals surface area contributed by atoms with E-state index < -0.39 is 7.12 Å². The van der Waals surface area contributed by atoms with Crippen LogP contribution in [0.15, 0.2) is 60.9 Å². The number of benzene rings is 1. The van der Waals surface area contributed by atoms with Gasteiger partial charge in [-0.3, -0.25) is 0 Å². The fourth-order valence-corrected chi connectivity index (χ4v) is 1.68. The van der Waals surface area contributed by atoms with Crippen molar-refractivity contribution < 1.29 is 14.8 Å². The lowest BCUT2D eigenvalue weighted by molar-refractivity contribution is 0.414. The van der Waals surface area contributed by atoms with Gasteiger partial charge in [-0.25, -0.2) is 9.97 Å². The Bertz CT molecular complexity index is 624. The molecule has 6 heteroatoms. The molecule has 2 heterocycles. The molecule has 1 aromatic carbocycles. The highest BCUT2D eigenvalue weighted by Gasteiger charge is 2.09. The summed E-state index contributed by atoms with van der Waals surface area (Å²) in [4.78, 5) is 8.14. The molecule has 0 unspecified atom stereocenters. The Morgan fingerprint density at radius 2 is 1.48 bits per heavy atom. The highest BCUT2D eigenvalue weighted by Crippen LogP contribution is 2.05. The zero-order valence-corrected chi connectivity index (χ0v) is 11.5. The molecule has 0 spiro atoms. The molecule has 0 saturated heterocycles. The maximum atomic E-state index is 8.70. The monoisotopic (exact) mass is 282 g/mol. The number of fused-ring (bicyclic) bond motifs is 1. The fraction of sp³-hybridized carbons (Fsp3) is 0.0667. The van der Waals surface area contributed by atoms with E-state index in [4.69, 9.17) is 14.8 Å². The minimum absolute atomic E-state index is 0.464. The summed E-state index contributed by atoms with van der Waals surface area (Å²) < 4.78 is 4.89. The summed E-state index contributed by atoms with van der Waals surface area (Å²) in [6.07, 6.45) is 3.49. The van der Waals surface area contributed by atoms with Crippen LogP contribution in [0.2, 0.25) is 0 Å². The third-order valence-corrected chi connectivity index (χ3v) is 2.79. The van der Waals surface area contributed by atoms with Gasteiger partial charge < -0.3 is 14.8 Å². The van der Waals surface area contributed by atoms with E-state index >= 15 is 0 Å². The molecular formula is C15H15BN2O3. The summed E-state index contributed by atoms with van der Waals surface area (Å²) >= 11 is 0. The lowest BCUT2D eigenvalue weighted by Gasteiger charge is -2.00. The zero-order chi connectivity index (χ0) is 15.1. The smallest absolute Gasteiger partial charge is 0.488 e. The number of methoxy groups -OCH3 is 1. The largest absolute Gasteiger partial charge is 0.497 e. The average molecular weight is 282 g/mol. The second-order valence-corrected chi connectivity index (χ2v) is 4.20. The van der Waals surface area contributed by atoms with E-state index in [1.165, 1.54) is 0 Å². The number of ether oxygens (including phenoxy) is 1. The van der Waals surface area contributed by atoms with E-state index in [2.05, 4.69) is 9.97 Å². The number of hydrogen-bond donors (Lipinski definition) is 2. The van der Waals surface area contributed by atoms with Gasteiger partial charge in [-0.2, -0.15) is 0 Å². The van der Waals surface area contributed by atoms with Crippen molar-refractivity contribution in [2.45, 2.75) is 0 Å². The SMILES string of the molecule is COc1ccc(B(O)O)cc1.c1cnc2ncccc2c1. The molecule has 21 heavy (non-hydrogen) atoms. The van der Waals surface area contributed by atoms with Crippen molar-refractivity contribution in [3.05, 3.63) is 60.9 Å². The third kappa shape index (κ3) is 4.27. The molecule has 0 saturated carbocycles. The van der Waals surface area contributed by atoms with Crippen molar-refractivity contribution in [3.63, 3.8) is 0 Å². The van der Waals surface area contributed by atoms with Crippen LogP contribution < -0.4 is 10.2 Å². The fourth-order valence-electron chi connectivity index (χ4n) is 1.68. The number of nitrogens with zero attached hydrogens (tertiary/aromatic N) is 2. The van der Waals surface area contributed by atoms with Gasteiger partial charge in [-0.05, 0) is 41.9 Å². The maximum Gasteiger partial charge on any atom is 0.488 e. The Labute approximate surface area is 123 Å². The molecule has 0 aliphatic carbocycles. The minimum atomic E-state index is -1.40. The molecule has 0 fully saturated rings. The van der Waals surface area contributed by atoms with Crippen LogP contribution in [0.25, 0.3) is 11.0 Å². The molecule has 0 aliphatic rings. The quantitative estimate of drug-likeness (QED) is 0.686. The Kier molecular flexibility index (Phi) is 5.25. The van der Waals surface area contributed by atoms with Crippen LogP contribution in [-0.4, -0.2) is 34.2 Å². The molecule has 3 aromatic rings. The van der Waals surface area contributed by atoms with Crippen LogP contribution in [-0.2, 0) is 0 Å². The number of hydrogen-bond acceptors (Lipinski definition) is 5. The second kappa shape index (κ2) is 7.37. The van der Waals surface area contributed by atoms with Gasteiger partial charge in [0.05, 0.1) is 7.11 Å². The van der Waals surface area contributed by atoms with Crippen molar-refractivity contribution in [2.24, 2.45) is 0 Å². The van der Waals surface area contributed by atoms with Crippen molar-refractivity contribution >= 4 is 23.6 Å². The minimum Gasteiger partial charge on any atom is -0.497 e. The zero-order valence-electron chi connectivity index (χ0n) is 11.5. The van der Waals surface area contributed by atoms with Crippen molar-refractivity contribution in [1.82, 2.24) is 9.97 Å². The van der Waals surface area contributed by atoms with Crippen molar-refractivity contribution in [2.75, 3.05) is 7.11 Å². The van der Waals surface area contributed by atoms with Crippen LogP contribution in [0.1, 0.15) is 0 Å². The lowest BCUT2D eigenvalue weighted by atomic mass is 9.80. The first-order valence-corrected chi connectivity index (χ1v) is 6.36. The van der Waals surface area contributed by atoms with E-state index in [1.807, 2.05) is 24.3 Å². The Morgan fingerprint density at radius 3 is 1.90 bits per heavy atom. The van der Waals surface area contributed by atoms with E-state index in [0.717, 1.165) is 11.0 Å². The van der Waals surface area contributed by atoms with Crippen LogP contribution in [0.3, 0.4) is 0 Å². The third-order valence-electron chi connectivity index (χ3n) is 2.79. The first-order chi connectivity index (χ1) is 10.2. The van der Waals surface area contributed by atoms with E-state index in [1.54, 1.807) is 43.8 Å². The Morgan fingerprint density at radius 1 is 0.905 bits per heavy atom. The summed E-state index contributed by atoms with van der Waals surface area (Å²) in [5, 5.41) is 18.5. The summed E-state index contributed by atoms with van der Waals surface area (Å²) in [6, 6.07) is 14.4. The lowest BCUT2D eigenvalue weighted by Crippen LogP contribution is -2.29. The normalized spacial score (nSPS) is 9.67. The van der Waals surface area contributed by atoms with Crippen LogP contribution in [0.4, 0.5) is 0 Å². The molecule has 0 radical (unpaired) electrons. The van der Waals surface area contributed by atoms with E-state index in [9.17, 15) is 0 Å². The molecule has 3 rings (SSSR count). The number of aromatic nitrogens is 2. The molecule has 2 N–H and O–H groups in total. The van der Waals surface area contributed by atoms with Gasteiger partial charge in [0.25, 0.3) is 0 Å². The molecular weight excluding hydrogens is 267 g/mol. The standard InChI is InChI=1S/C8H6N2.C7H9BO3/c1-3-7-4-2-6-10-8(7)9-5-1;1-11-7-4-2-6(3-5-7)8(9)10/h1-6H;2-5,9-10H,1H3. The Hall–Kier alpha value is -2.44. The van der Waals surface area contributed by atoms with Crippen molar-refractivity contribution in [3.8, 4) is 5.75 Å². The highest BCUT2D eigenvalue weighted by molar-refractivity contribution is 6.58. The van der Waals surface area contributed by atoms with Gasteiger partial charge in [-0.1, -0.05) is 12.1 Å². The first kappa shape index (κ1) is 15.0. The Balaban J connectivity index is 0.000000154. The van der Waals surface area contributed by atoms with Gasteiger partial charge in [-0.15, -0.1) is 0 Å². The van der Waals surface area contributed by atoms with Gasteiger partial charge in [0.1, 0.15) is 5.75 Å². The summed E-state index contributed by atoms with van der Waals surface area (Å²) in [5.41, 5.74) is 1.27. The summed E-state index contributed by atoms with van der Waals surface area (Å²) in [7, 11) is 0.158. The predicted molar refractivity (Wildman–Crippen MR) is 82.4 cm³/mol. The number of rotatable bonds is 2. The van der Waals surface area contributed by atoms with Crippen LogP contribution in [0, 0.1) is 0 Å². The second-order valence-electron chi connectivity index (χ2n) is 4.20. The molecule has 0 atom stereocenters.